The summed E-state index contributed by atoms with van der Waals surface area (Å²) >= 11 is 0. The SMILES string of the molecule is CO[Si]1(CC(C)C)OC=CN1C(C)(C)C. The molecule has 0 bridgehead atoms. The standard InChI is InChI=1S/C11H23NO2Si/c1-10(2)9-15(13-6)12(7-8-14-15)11(3,4)5/h7-8,10H,9H2,1-6H3. The highest BCUT2D eigenvalue weighted by atomic mass is 28.4. The Hall–Kier alpha value is -0.483. The van der Waals surface area contributed by atoms with Crippen molar-refractivity contribution in [3.05, 3.63) is 12.5 Å². The first kappa shape index (κ1) is 12.6. The van der Waals surface area contributed by atoms with Gasteiger partial charge in [-0.1, -0.05) is 13.8 Å². The van der Waals surface area contributed by atoms with Gasteiger partial charge in [0.1, 0.15) is 0 Å². The molecule has 0 aromatic carbocycles. The molecular weight excluding hydrogens is 206 g/mol. The van der Waals surface area contributed by atoms with Gasteiger partial charge in [0.2, 0.25) is 0 Å². The van der Waals surface area contributed by atoms with E-state index in [1.807, 2.05) is 6.20 Å². The van der Waals surface area contributed by atoms with Gasteiger partial charge in [-0.05, 0) is 26.7 Å². The minimum atomic E-state index is -2.21. The third-order valence-electron chi connectivity index (χ3n) is 2.54. The fourth-order valence-corrected chi connectivity index (χ4v) is 5.48. The molecule has 88 valence electrons. The van der Waals surface area contributed by atoms with E-state index in [2.05, 4.69) is 39.2 Å². The van der Waals surface area contributed by atoms with Crippen LogP contribution in [0.25, 0.3) is 0 Å². The van der Waals surface area contributed by atoms with Crippen LogP contribution in [0.4, 0.5) is 0 Å². The highest BCUT2D eigenvalue weighted by Gasteiger charge is 2.52. The summed E-state index contributed by atoms with van der Waals surface area (Å²) in [5.41, 5.74) is 0.0596. The fourth-order valence-electron chi connectivity index (χ4n) is 1.99. The third kappa shape index (κ3) is 2.55. The van der Waals surface area contributed by atoms with E-state index in [0.717, 1.165) is 6.04 Å². The van der Waals surface area contributed by atoms with Crippen LogP contribution in [0.3, 0.4) is 0 Å². The summed E-state index contributed by atoms with van der Waals surface area (Å²) in [5, 5.41) is 0. The van der Waals surface area contributed by atoms with Crippen LogP contribution >= 0.6 is 0 Å². The van der Waals surface area contributed by atoms with Crippen molar-refractivity contribution in [2.45, 2.75) is 46.2 Å². The predicted octanol–water partition coefficient (Wildman–Crippen LogP) is 2.83. The molecule has 1 aliphatic rings. The van der Waals surface area contributed by atoms with Gasteiger partial charge in [-0.15, -0.1) is 0 Å². The smallest absolute Gasteiger partial charge is 0.510 e. The maximum atomic E-state index is 5.80. The Morgan fingerprint density at radius 2 is 2.00 bits per heavy atom. The summed E-state index contributed by atoms with van der Waals surface area (Å²) in [6.45, 7) is 11.0. The highest BCUT2D eigenvalue weighted by Crippen LogP contribution is 2.33. The molecule has 0 aromatic heterocycles. The van der Waals surface area contributed by atoms with Gasteiger partial charge < -0.3 is 13.4 Å². The minimum Gasteiger partial charge on any atom is -0.510 e. The van der Waals surface area contributed by atoms with E-state index in [0.29, 0.717) is 5.92 Å². The quantitative estimate of drug-likeness (QED) is 0.695. The normalized spacial score (nSPS) is 26.2. The van der Waals surface area contributed by atoms with E-state index < -0.39 is 8.72 Å². The highest BCUT2D eigenvalue weighted by molar-refractivity contribution is 6.65. The lowest BCUT2D eigenvalue weighted by Gasteiger charge is -2.41. The first-order valence-corrected chi connectivity index (χ1v) is 7.48. The molecule has 0 aromatic rings. The van der Waals surface area contributed by atoms with Gasteiger partial charge in [-0.3, -0.25) is 0 Å². The monoisotopic (exact) mass is 229 g/mol. The van der Waals surface area contributed by atoms with E-state index in [9.17, 15) is 0 Å². The van der Waals surface area contributed by atoms with Crippen molar-refractivity contribution in [2.24, 2.45) is 5.92 Å². The van der Waals surface area contributed by atoms with Crippen molar-refractivity contribution >= 4 is 8.72 Å². The van der Waals surface area contributed by atoms with Crippen LogP contribution in [-0.2, 0) is 8.85 Å². The van der Waals surface area contributed by atoms with Gasteiger partial charge in [-0.2, -0.15) is 0 Å². The van der Waals surface area contributed by atoms with Crippen LogP contribution in [0.2, 0.25) is 6.04 Å². The van der Waals surface area contributed by atoms with Crippen molar-refractivity contribution < 1.29 is 8.85 Å². The molecule has 0 saturated heterocycles. The Morgan fingerprint density at radius 1 is 1.40 bits per heavy atom. The Labute approximate surface area is 94.4 Å². The topological polar surface area (TPSA) is 21.7 Å². The number of nitrogens with zero attached hydrogens (tertiary/aromatic N) is 1. The third-order valence-corrected chi connectivity index (χ3v) is 6.57. The van der Waals surface area contributed by atoms with E-state index in [1.165, 1.54) is 0 Å². The average molecular weight is 229 g/mol. The second-order valence-corrected chi connectivity index (χ2v) is 8.42. The second-order valence-electron chi connectivity index (χ2n) is 5.46. The summed E-state index contributed by atoms with van der Waals surface area (Å²) in [6, 6.07) is 0.994. The Balaban J connectivity index is 2.89. The first-order chi connectivity index (χ1) is 6.82. The number of hydrogen-bond donors (Lipinski definition) is 0. The summed E-state index contributed by atoms with van der Waals surface area (Å²) in [4.78, 5) is 0. The van der Waals surface area contributed by atoms with Crippen LogP contribution < -0.4 is 0 Å². The molecule has 0 saturated carbocycles. The molecule has 0 fully saturated rings. The van der Waals surface area contributed by atoms with Gasteiger partial charge in [-0.25, -0.2) is 0 Å². The van der Waals surface area contributed by atoms with Gasteiger partial charge in [0, 0.05) is 24.9 Å². The molecule has 1 rings (SSSR count). The molecular formula is C11H23NO2Si. The van der Waals surface area contributed by atoms with E-state index in [-0.39, 0.29) is 5.54 Å². The van der Waals surface area contributed by atoms with Gasteiger partial charge in [0.05, 0.1) is 6.26 Å². The molecule has 4 heteroatoms. The maximum absolute atomic E-state index is 5.80. The summed E-state index contributed by atoms with van der Waals surface area (Å²) in [5.74, 6) is 0.585. The van der Waals surface area contributed by atoms with Crippen molar-refractivity contribution in [1.29, 1.82) is 0 Å². The van der Waals surface area contributed by atoms with Gasteiger partial charge >= 0.3 is 8.72 Å². The van der Waals surface area contributed by atoms with Gasteiger partial charge in [0.15, 0.2) is 0 Å². The van der Waals surface area contributed by atoms with Crippen molar-refractivity contribution in [2.75, 3.05) is 7.11 Å². The Kier molecular flexibility index (Phi) is 3.50. The van der Waals surface area contributed by atoms with Crippen molar-refractivity contribution in [3.8, 4) is 0 Å². The van der Waals surface area contributed by atoms with E-state index in [1.54, 1.807) is 13.4 Å². The number of rotatable bonds is 3. The van der Waals surface area contributed by atoms with Crippen molar-refractivity contribution in [1.82, 2.24) is 4.57 Å². The van der Waals surface area contributed by atoms with Gasteiger partial charge in [0.25, 0.3) is 0 Å². The molecule has 0 aliphatic carbocycles. The van der Waals surface area contributed by atoms with E-state index >= 15 is 0 Å². The van der Waals surface area contributed by atoms with Crippen LogP contribution in [0.15, 0.2) is 12.5 Å². The van der Waals surface area contributed by atoms with E-state index in [4.69, 9.17) is 8.85 Å². The Bertz CT molecular complexity index is 247. The molecule has 1 heterocycles. The predicted molar refractivity (Wildman–Crippen MR) is 64.2 cm³/mol. The van der Waals surface area contributed by atoms with Crippen molar-refractivity contribution in [3.63, 3.8) is 0 Å². The Morgan fingerprint density at radius 3 is 2.40 bits per heavy atom. The lowest BCUT2D eigenvalue weighted by atomic mass is 10.1. The molecule has 1 unspecified atom stereocenters. The molecule has 0 N–H and O–H groups in total. The lowest BCUT2D eigenvalue weighted by molar-refractivity contribution is 0.177. The molecule has 3 nitrogen and oxygen atoms in total. The molecule has 0 amide bonds. The second kappa shape index (κ2) is 4.18. The zero-order chi connectivity index (χ0) is 11.7. The molecule has 15 heavy (non-hydrogen) atoms. The fraction of sp³-hybridized carbons (Fsp3) is 0.818. The number of hydrogen-bond acceptors (Lipinski definition) is 3. The average Bonchev–Trinajstić information content (AvgIpc) is 2.47. The van der Waals surface area contributed by atoms with Crippen LogP contribution in [-0.4, -0.2) is 25.9 Å². The first-order valence-electron chi connectivity index (χ1n) is 5.51. The summed E-state index contributed by atoms with van der Waals surface area (Å²) in [6.07, 6.45) is 3.81. The summed E-state index contributed by atoms with van der Waals surface area (Å²) < 4.78 is 13.8. The molecule has 0 radical (unpaired) electrons. The molecule has 0 spiro atoms. The minimum absolute atomic E-state index is 0.0596. The van der Waals surface area contributed by atoms with Crippen LogP contribution in [0, 0.1) is 5.92 Å². The zero-order valence-corrected chi connectivity index (χ0v) is 11.7. The zero-order valence-electron chi connectivity index (χ0n) is 10.7. The largest absolute Gasteiger partial charge is 0.522 e. The van der Waals surface area contributed by atoms with Crippen LogP contribution in [0.5, 0.6) is 0 Å². The lowest BCUT2D eigenvalue weighted by Crippen LogP contribution is -2.59. The molecule has 1 atom stereocenters. The molecule has 1 aliphatic heterocycles. The summed E-state index contributed by atoms with van der Waals surface area (Å²) in [7, 11) is -0.448. The van der Waals surface area contributed by atoms with Crippen LogP contribution in [0.1, 0.15) is 34.6 Å². The maximum Gasteiger partial charge on any atom is 0.522 e.